The molecule has 0 aliphatic carbocycles. The van der Waals surface area contributed by atoms with Crippen molar-refractivity contribution in [2.45, 2.75) is 61.7 Å². The van der Waals surface area contributed by atoms with E-state index in [-0.39, 0.29) is 17.3 Å². The van der Waals surface area contributed by atoms with Gasteiger partial charge in [-0.3, -0.25) is 0 Å². The number of hydrogen-bond acceptors (Lipinski definition) is 7. The Morgan fingerprint density at radius 1 is 1.22 bits per heavy atom. The summed E-state index contributed by atoms with van der Waals surface area (Å²) in [6.07, 6.45) is 3.45. The topological polar surface area (TPSA) is 75.9 Å². The zero-order valence-corrected chi connectivity index (χ0v) is 20.3. The predicted molar refractivity (Wildman–Crippen MR) is 129 cm³/mol. The second-order valence-corrected chi connectivity index (χ2v) is 11.7. The summed E-state index contributed by atoms with van der Waals surface area (Å²) in [4.78, 5) is 4.50. The van der Waals surface area contributed by atoms with Gasteiger partial charge < -0.3 is 15.0 Å². The molecule has 32 heavy (non-hydrogen) atoms. The summed E-state index contributed by atoms with van der Waals surface area (Å²) in [6, 6.07) is 7.08. The fourth-order valence-corrected chi connectivity index (χ4v) is 6.44. The van der Waals surface area contributed by atoms with E-state index in [4.69, 9.17) is 0 Å². The number of benzene rings is 1. The van der Waals surface area contributed by atoms with Gasteiger partial charge in [0.1, 0.15) is 11.9 Å². The summed E-state index contributed by atoms with van der Waals surface area (Å²) in [7, 11) is 0. The largest absolute Gasteiger partial charge is 0.507 e. The van der Waals surface area contributed by atoms with Crippen LogP contribution in [0.5, 0.6) is 5.75 Å². The van der Waals surface area contributed by atoms with E-state index in [1.54, 1.807) is 29.2 Å². The van der Waals surface area contributed by atoms with Crippen molar-refractivity contribution < 1.29 is 9.50 Å². The molecule has 0 radical (unpaired) electrons. The van der Waals surface area contributed by atoms with Gasteiger partial charge in [-0.2, -0.15) is 0 Å². The zero-order valence-electron chi connectivity index (χ0n) is 18.7. The molecule has 1 aromatic carbocycles. The van der Waals surface area contributed by atoms with E-state index >= 15 is 4.39 Å². The van der Waals surface area contributed by atoms with Crippen LogP contribution in [0.3, 0.4) is 0 Å². The first kappa shape index (κ1) is 21.6. The normalized spacial score (nSPS) is 22.6. The van der Waals surface area contributed by atoms with Crippen molar-refractivity contribution in [2.75, 3.05) is 6.26 Å². The summed E-state index contributed by atoms with van der Waals surface area (Å²) < 4.78 is 19.3. The molecule has 0 bridgehead atoms. The van der Waals surface area contributed by atoms with E-state index < -0.39 is 11.7 Å². The van der Waals surface area contributed by atoms with Crippen LogP contribution in [-0.2, 0) is 0 Å². The van der Waals surface area contributed by atoms with Crippen LogP contribution in [0.25, 0.3) is 32.5 Å². The van der Waals surface area contributed by atoms with Crippen molar-refractivity contribution >= 4 is 44.3 Å². The standard InChI is InChI=1S/C23H26FN5OS2/c1-22(2)11-16(19(24)23(3,4)28-22)29-7-6-12-8-14(26-27-20(12)29)13-9-18-15(10-17(13)30)25-21(31-5)32-18/h6-10,16,19,28,30H,11H2,1-5H3/t16-,19-/m0/s1. The first-order valence-corrected chi connectivity index (χ1v) is 12.6. The molecule has 0 unspecified atom stereocenters. The minimum Gasteiger partial charge on any atom is -0.507 e. The molecule has 1 saturated heterocycles. The third-order valence-electron chi connectivity index (χ3n) is 6.16. The van der Waals surface area contributed by atoms with Crippen LogP contribution >= 0.6 is 23.1 Å². The molecule has 0 saturated carbocycles. The Hall–Kier alpha value is -2.23. The number of nitrogens with one attached hydrogen (secondary N) is 1. The summed E-state index contributed by atoms with van der Waals surface area (Å²) in [5, 5.41) is 23.8. The number of piperidine rings is 1. The van der Waals surface area contributed by atoms with E-state index in [0.29, 0.717) is 23.3 Å². The Labute approximate surface area is 194 Å². The van der Waals surface area contributed by atoms with E-state index in [1.165, 1.54) is 0 Å². The van der Waals surface area contributed by atoms with Gasteiger partial charge in [0.2, 0.25) is 0 Å². The third kappa shape index (κ3) is 3.56. The van der Waals surface area contributed by atoms with E-state index in [1.807, 2.05) is 49.1 Å². The molecular formula is C23H26FN5OS2. The number of phenolic OH excluding ortho intramolecular Hbond substituents is 1. The lowest BCUT2D eigenvalue weighted by Gasteiger charge is -2.49. The van der Waals surface area contributed by atoms with Crippen molar-refractivity contribution in [1.29, 1.82) is 0 Å². The molecule has 0 amide bonds. The molecule has 5 rings (SSSR count). The molecule has 3 aromatic heterocycles. The molecule has 2 N–H and O–H groups in total. The van der Waals surface area contributed by atoms with Gasteiger partial charge in [0.15, 0.2) is 9.99 Å². The fourth-order valence-electron chi connectivity index (χ4n) is 4.93. The Bertz CT molecular complexity index is 1330. The van der Waals surface area contributed by atoms with Crippen LogP contribution in [0.15, 0.2) is 34.8 Å². The summed E-state index contributed by atoms with van der Waals surface area (Å²) >= 11 is 3.16. The second kappa shape index (κ2) is 7.40. The number of aromatic hydroxyl groups is 1. The summed E-state index contributed by atoms with van der Waals surface area (Å²) in [6.45, 7) is 8.01. The molecule has 4 heterocycles. The van der Waals surface area contributed by atoms with Gasteiger partial charge >= 0.3 is 0 Å². The number of nitrogens with zero attached hydrogens (tertiary/aromatic N) is 4. The number of phenols is 1. The Balaban J connectivity index is 1.56. The van der Waals surface area contributed by atoms with Crippen LogP contribution < -0.4 is 5.32 Å². The van der Waals surface area contributed by atoms with Crippen LogP contribution in [-0.4, -0.2) is 48.4 Å². The maximum absolute atomic E-state index is 15.5. The number of alkyl halides is 1. The van der Waals surface area contributed by atoms with Crippen molar-refractivity contribution in [2.24, 2.45) is 0 Å². The molecule has 168 valence electrons. The lowest BCUT2D eigenvalue weighted by molar-refractivity contribution is 0.0313. The SMILES string of the molecule is CSc1nc2cc(O)c(-c3cc4ccn([C@H]5CC(C)(C)NC(C)(C)[C@H]5F)c4nn3)cc2s1. The number of halogens is 1. The van der Waals surface area contributed by atoms with Crippen molar-refractivity contribution in [3.63, 3.8) is 0 Å². The molecular weight excluding hydrogens is 445 g/mol. The number of thiazole rings is 1. The lowest BCUT2D eigenvalue weighted by Crippen LogP contribution is -2.64. The van der Waals surface area contributed by atoms with Gasteiger partial charge in [-0.1, -0.05) is 11.8 Å². The molecule has 4 aromatic rings. The summed E-state index contributed by atoms with van der Waals surface area (Å²) in [5.74, 6) is 0.120. The van der Waals surface area contributed by atoms with Gasteiger partial charge in [0, 0.05) is 34.3 Å². The van der Waals surface area contributed by atoms with Gasteiger partial charge in [0.25, 0.3) is 0 Å². The minimum atomic E-state index is -1.07. The van der Waals surface area contributed by atoms with Crippen molar-refractivity contribution in [3.8, 4) is 17.0 Å². The van der Waals surface area contributed by atoms with Gasteiger partial charge in [-0.25, -0.2) is 9.37 Å². The molecule has 0 spiro atoms. The Morgan fingerprint density at radius 2 is 2.00 bits per heavy atom. The molecule has 1 aliphatic rings. The predicted octanol–water partition coefficient (Wildman–Crippen LogP) is 5.57. The molecule has 1 aliphatic heterocycles. The smallest absolute Gasteiger partial charge is 0.162 e. The Morgan fingerprint density at radius 3 is 2.75 bits per heavy atom. The van der Waals surface area contributed by atoms with Crippen LogP contribution in [0.4, 0.5) is 4.39 Å². The van der Waals surface area contributed by atoms with Gasteiger partial charge in [-0.15, -0.1) is 21.5 Å². The molecule has 9 heteroatoms. The maximum Gasteiger partial charge on any atom is 0.162 e. The average Bonchev–Trinajstić information content (AvgIpc) is 3.32. The highest BCUT2D eigenvalue weighted by Gasteiger charge is 2.47. The minimum absolute atomic E-state index is 0.120. The second-order valence-electron chi connectivity index (χ2n) is 9.66. The lowest BCUT2D eigenvalue weighted by atomic mass is 9.78. The van der Waals surface area contributed by atoms with Crippen molar-refractivity contribution in [1.82, 2.24) is 25.1 Å². The highest BCUT2D eigenvalue weighted by atomic mass is 32.2. The van der Waals surface area contributed by atoms with Crippen LogP contribution in [0.1, 0.15) is 40.2 Å². The molecule has 2 atom stereocenters. The quantitative estimate of drug-likeness (QED) is 0.381. The first-order chi connectivity index (χ1) is 15.1. The van der Waals surface area contributed by atoms with Crippen LogP contribution in [0.2, 0.25) is 0 Å². The van der Waals surface area contributed by atoms with Gasteiger partial charge in [-0.05, 0) is 58.6 Å². The van der Waals surface area contributed by atoms with Crippen LogP contribution in [0, 0.1) is 0 Å². The number of thioether (sulfide) groups is 1. The van der Waals surface area contributed by atoms with Crippen molar-refractivity contribution in [3.05, 3.63) is 30.5 Å². The maximum atomic E-state index is 15.5. The van der Waals surface area contributed by atoms with Gasteiger partial charge in [0.05, 0.1) is 22.0 Å². The monoisotopic (exact) mass is 471 g/mol. The third-order valence-corrected chi connectivity index (χ3v) is 8.17. The first-order valence-electron chi connectivity index (χ1n) is 10.5. The number of fused-ring (bicyclic) bond motifs is 2. The van der Waals surface area contributed by atoms with E-state index in [0.717, 1.165) is 19.9 Å². The average molecular weight is 472 g/mol. The molecule has 6 nitrogen and oxygen atoms in total. The van der Waals surface area contributed by atoms with E-state index in [9.17, 15) is 5.11 Å². The Kier molecular flexibility index (Phi) is 4.99. The molecule has 1 fully saturated rings. The zero-order chi connectivity index (χ0) is 22.8. The summed E-state index contributed by atoms with van der Waals surface area (Å²) in [5.41, 5.74) is 1.76. The number of rotatable bonds is 3. The fraction of sp³-hybridized carbons (Fsp3) is 0.435. The highest BCUT2D eigenvalue weighted by molar-refractivity contribution is 8.00. The number of aromatic nitrogens is 4. The van der Waals surface area contributed by atoms with E-state index in [2.05, 4.69) is 34.3 Å². The number of hydrogen-bond donors (Lipinski definition) is 2. The highest BCUT2D eigenvalue weighted by Crippen LogP contribution is 2.41.